The largest absolute Gasteiger partial charge is 0.244 e. The molecule has 0 aliphatic heterocycles. The minimum Gasteiger partial charge on any atom is -0.244 e. The molecule has 1 heteroatoms. The Morgan fingerprint density at radius 2 is 1.88 bits per heavy atom. The van der Waals surface area contributed by atoms with Crippen LogP contribution in [0.5, 0.6) is 0 Å². The average molecular weight is 361 g/mol. The van der Waals surface area contributed by atoms with Gasteiger partial charge in [-0.05, 0) is 92.7 Å². The molecule has 1 fully saturated rings. The summed E-state index contributed by atoms with van der Waals surface area (Å²) in [7, 11) is 0. The SMILES string of the molecule is CCCCCc1ccc(C2(C)CC(C(C)(C)F)CCC2C(C)C)c(C)c1. The van der Waals surface area contributed by atoms with Gasteiger partial charge >= 0.3 is 0 Å². The van der Waals surface area contributed by atoms with Crippen molar-refractivity contribution in [2.45, 2.75) is 104 Å². The van der Waals surface area contributed by atoms with Gasteiger partial charge in [0.15, 0.2) is 0 Å². The van der Waals surface area contributed by atoms with Gasteiger partial charge in [0.05, 0.1) is 0 Å². The summed E-state index contributed by atoms with van der Waals surface area (Å²) in [5.41, 5.74) is 3.32. The lowest BCUT2D eigenvalue weighted by atomic mass is 9.55. The molecule has 1 aliphatic carbocycles. The summed E-state index contributed by atoms with van der Waals surface area (Å²) in [4.78, 5) is 0. The standard InChI is InChI=1S/C25H41F/c1-8-9-10-11-20-12-14-23(19(4)16-20)25(7)17-21(24(5,6)26)13-15-22(25)18(2)3/h12,14,16,18,21-22H,8-11,13,15,17H2,1-7H3. The van der Waals surface area contributed by atoms with Crippen LogP contribution in [0.2, 0.25) is 0 Å². The molecule has 3 atom stereocenters. The molecule has 0 aromatic heterocycles. The van der Waals surface area contributed by atoms with Crippen molar-refractivity contribution in [3.8, 4) is 0 Å². The van der Waals surface area contributed by atoms with Gasteiger partial charge in [0, 0.05) is 0 Å². The number of benzene rings is 1. The fourth-order valence-corrected chi connectivity index (χ4v) is 5.53. The zero-order valence-corrected chi connectivity index (χ0v) is 18.3. The van der Waals surface area contributed by atoms with E-state index >= 15 is 0 Å². The number of alkyl halides is 1. The Balaban J connectivity index is 2.33. The smallest absolute Gasteiger partial charge is 0.108 e. The molecule has 1 saturated carbocycles. The maximum atomic E-state index is 14.8. The van der Waals surface area contributed by atoms with E-state index in [4.69, 9.17) is 0 Å². The minimum atomic E-state index is -1.09. The van der Waals surface area contributed by atoms with Crippen molar-refractivity contribution in [3.05, 3.63) is 34.9 Å². The molecule has 0 radical (unpaired) electrons. The molecule has 148 valence electrons. The van der Waals surface area contributed by atoms with Gasteiger partial charge in [-0.2, -0.15) is 0 Å². The van der Waals surface area contributed by atoms with Gasteiger partial charge in [0.2, 0.25) is 0 Å². The maximum Gasteiger partial charge on any atom is 0.108 e. The summed E-state index contributed by atoms with van der Waals surface area (Å²) in [5.74, 6) is 1.42. The van der Waals surface area contributed by atoms with Crippen LogP contribution in [0.4, 0.5) is 4.39 Å². The molecule has 1 aliphatic rings. The van der Waals surface area contributed by atoms with Crippen LogP contribution in [0.3, 0.4) is 0 Å². The molecule has 1 aromatic rings. The van der Waals surface area contributed by atoms with Gasteiger partial charge in [-0.1, -0.05) is 58.7 Å². The first-order valence-electron chi connectivity index (χ1n) is 10.9. The Morgan fingerprint density at radius 1 is 1.19 bits per heavy atom. The molecule has 0 nitrogen and oxygen atoms in total. The lowest BCUT2D eigenvalue weighted by Crippen LogP contribution is -2.45. The summed E-state index contributed by atoms with van der Waals surface area (Å²) in [5, 5.41) is 0. The van der Waals surface area contributed by atoms with E-state index in [0.29, 0.717) is 11.8 Å². The molecule has 26 heavy (non-hydrogen) atoms. The molecular weight excluding hydrogens is 319 g/mol. The fraction of sp³-hybridized carbons (Fsp3) is 0.760. The molecule has 0 heterocycles. The molecule has 0 saturated heterocycles. The average Bonchev–Trinajstić information content (AvgIpc) is 2.53. The summed E-state index contributed by atoms with van der Waals surface area (Å²) < 4.78 is 14.8. The van der Waals surface area contributed by atoms with Gasteiger partial charge in [-0.3, -0.25) is 0 Å². The van der Waals surface area contributed by atoms with Crippen molar-refractivity contribution in [3.63, 3.8) is 0 Å². The van der Waals surface area contributed by atoms with E-state index in [9.17, 15) is 4.39 Å². The highest BCUT2D eigenvalue weighted by Gasteiger charge is 2.47. The van der Waals surface area contributed by atoms with Gasteiger partial charge in [-0.25, -0.2) is 4.39 Å². The Morgan fingerprint density at radius 3 is 2.42 bits per heavy atom. The lowest BCUT2D eigenvalue weighted by Gasteiger charge is -2.50. The Bertz CT molecular complexity index is 580. The number of rotatable bonds is 7. The maximum absolute atomic E-state index is 14.8. The van der Waals surface area contributed by atoms with Crippen LogP contribution in [0.25, 0.3) is 0 Å². The van der Waals surface area contributed by atoms with Crippen molar-refractivity contribution in [2.75, 3.05) is 0 Å². The fourth-order valence-electron chi connectivity index (χ4n) is 5.53. The van der Waals surface area contributed by atoms with Crippen molar-refractivity contribution < 1.29 is 4.39 Å². The van der Waals surface area contributed by atoms with Crippen LogP contribution in [0, 0.1) is 24.7 Å². The topological polar surface area (TPSA) is 0 Å². The van der Waals surface area contributed by atoms with E-state index in [1.165, 1.54) is 42.4 Å². The monoisotopic (exact) mass is 360 g/mol. The quantitative estimate of drug-likeness (QED) is 0.435. The highest BCUT2D eigenvalue weighted by Crippen LogP contribution is 2.52. The molecule has 0 N–H and O–H groups in total. The van der Waals surface area contributed by atoms with Crippen LogP contribution >= 0.6 is 0 Å². The third-order valence-corrected chi connectivity index (χ3v) is 7.07. The van der Waals surface area contributed by atoms with Crippen molar-refractivity contribution >= 4 is 0 Å². The molecule has 1 aromatic carbocycles. The van der Waals surface area contributed by atoms with E-state index in [-0.39, 0.29) is 11.3 Å². The Labute approximate surface area is 162 Å². The van der Waals surface area contributed by atoms with Gasteiger partial charge in [0.25, 0.3) is 0 Å². The van der Waals surface area contributed by atoms with Crippen molar-refractivity contribution in [1.29, 1.82) is 0 Å². The number of aryl methyl sites for hydroxylation is 2. The van der Waals surface area contributed by atoms with Crippen molar-refractivity contribution in [1.82, 2.24) is 0 Å². The van der Waals surface area contributed by atoms with Crippen LogP contribution in [-0.4, -0.2) is 5.67 Å². The van der Waals surface area contributed by atoms with Crippen molar-refractivity contribution in [2.24, 2.45) is 17.8 Å². The van der Waals surface area contributed by atoms with E-state index in [1.54, 1.807) is 13.8 Å². The molecule has 2 rings (SSSR count). The second-order valence-corrected chi connectivity index (χ2v) is 9.92. The second kappa shape index (κ2) is 8.44. The minimum absolute atomic E-state index is 0.0759. The summed E-state index contributed by atoms with van der Waals surface area (Å²) >= 11 is 0. The van der Waals surface area contributed by atoms with Gasteiger partial charge < -0.3 is 0 Å². The number of hydrogen-bond acceptors (Lipinski definition) is 0. The summed E-state index contributed by atoms with van der Waals surface area (Å²) in [6.45, 7) is 15.2. The summed E-state index contributed by atoms with van der Waals surface area (Å²) in [6, 6.07) is 7.11. The van der Waals surface area contributed by atoms with E-state index in [2.05, 4.69) is 52.8 Å². The van der Waals surface area contributed by atoms with Crippen LogP contribution in [0.1, 0.15) is 96.8 Å². The molecule has 3 unspecified atom stereocenters. The lowest BCUT2D eigenvalue weighted by molar-refractivity contribution is 0.0256. The van der Waals surface area contributed by atoms with Crippen LogP contribution < -0.4 is 0 Å². The molecular formula is C25H41F. The predicted molar refractivity (Wildman–Crippen MR) is 113 cm³/mol. The zero-order chi connectivity index (χ0) is 19.5. The molecule has 0 spiro atoms. The van der Waals surface area contributed by atoms with E-state index in [1.807, 2.05) is 0 Å². The zero-order valence-electron chi connectivity index (χ0n) is 18.3. The third kappa shape index (κ3) is 4.70. The first-order chi connectivity index (χ1) is 12.1. The van der Waals surface area contributed by atoms with Gasteiger partial charge in [0.1, 0.15) is 5.67 Å². The number of halogens is 1. The predicted octanol–water partition coefficient (Wildman–Crippen LogP) is 7.81. The second-order valence-electron chi connectivity index (χ2n) is 9.92. The number of hydrogen-bond donors (Lipinski definition) is 0. The van der Waals surface area contributed by atoms with Gasteiger partial charge in [-0.15, -0.1) is 0 Å². The third-order valence-electron chi connectivity index (χ3n) is 7.07. The first-order valence-corrected chi connectivity index (χ1v) is 10.9. The molecule has 0 bridgehead atoms. The van der Waals surface area contributed by atoms with Crippen LogP contribution in [0.15, 0.2) is 18.2 Å². The van der Waals surface area contributed by atoms with E-state index < -0.39 is 5.67 Å². The van der Waals surface area contributed by atoms with E-state index in [0.717, 1.165) is 19.3 Å². The van der Waals surface area contributed by atoms with Crippen LogP contribution in [-0.2, 0) is 11.8 Å². The molecule has 0 amide bonds. The first kappa shape index (κ1) is 21.5. The highest BCUT2D eigenvalue weighted by atomic mass is 19.1. The number of unbranched alkanes of at least 4 members (excludes halogenated alkanes) is 2. The normalized spacial score (nSPS) is 27.1. The Kier molecular flexibility index (Phi) is 6.97. The Hall–Kier alpha value is -0.850. The highest BCUT2D eigenvalue weighted by molar-refractivity contribution is 5.38. The summed E-state index contributed by atoms with van der Waals surface area (Å²) in [6.07, 6.45) is 8.17.